The van der Waals surface area contributed by atoms with Gasteiger partial charge in [0.1, 0.15) is 5.82 Å². The molecular weight excluding hydrogens is 303 g/mol. The van der Waals surface area contributed by atoms with E-state index >= 15 is 0 Å². The summed E-state index contributed by atoms with van der Waals surface area (Å²) in [6.45, 7) is 2.55. The van der Waals surface area contributed by atoms with Crippen LogP contribution in [0.5, 0.6) is 0 Å². The van der Waals surface area contributed by atoms with E-state index in [1.807, 2.05) is 24.4 Å². The molecule has 0 radical (unpaired) electrons. The van der Waals surface area contributed by atoms with Crippen LogP contribution in [0.1, 0.15) is 17.2 Å². The lowest BCUT2D eigenvalue weighted by Crippen LogP contribution is -2.28. The molecule has 1 aliphatic rings. The Kier molecular flexibility index (Phi) is 6.27. The van der Waals surface area contributed by atoms with E-state index in [0.717, 1.165) is 25.2 Å². The van der Waals surface area contributed by atoms with Gasteiger partial charge in [-0.15, -0.1) is 12.4 Å². The van der Waals surface area contributed by atoms with Crippen molar-refractivity contribution in [3.05, 3.63) is 65.7 Å². The lowest BCUT2D eigenvalue weighted by molar-refractivity contribution is 0.441. The second-order valence-corrected chi connectivity index (χ2v) is 5.31. The average Bonchev–Trinajstić information content (AvgIpc) is 2.99. The van der Waals surface area contributed by atoms with Gasteiger partial charge in [0.25, 0.3) is 0 Å². The maximum atomic E-state index is 12.9. The number of nitrogens with one attached hydrogen (secondary N) is 3. The largest absolute Gasteiger partial charge is 0.312 e. The van der Waals surface area contributed by atoms with Gasteiger partial charge in [-0.1, -0.05) is 18.2 Å². The van der Waals surface area contributed by atoms with Gasteiger partial charge in [0.2, 0.25) is 0 Å². The summed E-state index contributed by atoms with van der Waals surface area (Å²) >= 11 is 0. The molecule has 4 nitrogen and oxygen atoms in total. The van der Waals surface area contributed by atoms with Crippen molar-refractivity contribution in [3.8, 4) is 0 Å². The lowest BCUT2D eigenvalue weighted by atomic mass is 9.96. The predicted octanol–water partition coefficient (Wildman–Crippen LogP) is 2.20. The highest BCUT2D eigenvalue weighted by Gasteiger charge is 2.27. The second kappa shape index (κ2) is 8.19. The van der Waals surface area contributed by atoms with E-state index < -0.39 is 0 Å². The van der Waals surface area contributed by atoms with E-state index in [0.29, 0.717) is 5.92 Å². The van der Waals surface area contributed by atoms with Crippen LogP contribution in [0.2, 0.25) is 0 Å². The minimum atomic E-state index is -0.195. The van der Waals surface area contributed by atoms with Crippen LogP contribution in [0.3, 0.4) is 0 Å². The van der Waals surface area contributed by atoms with Crippen LogP contribution >= 0.6 is 12.4 Å². The lowest BCUT2D eigenvalue weighted by Gasteiger charge is -2.19. The van der Waals surface area contributed by atoms with Crippen LogP contribution in [0.25, 0.3) is 0 Å². The third kappa shape index (κ3) is 4.24. The van der Waals surface area contributed by atoms with Gasteiger partial charge in [-0.05, 0) is 29.3 Å². The Morgan fingerprint density at radius 2 is 2.05 bits per heavy atom. The van der Waals surface area contributed by atoms with Crippen molar-refractivity contribution in [1.29, 1.82) is 0 Å². The first-order valence-corrected chi connectivity index (χ1v) is 7.16. The third-order valence-corrected chi connectivity index (χ3v) is 3.79. The molecule has 2 heterocycles. The number of hydrazine groups is 1. The van der Waals surface area contributed by atoms with Gasteiger partial charge in [0.05, 0.1) is 6.04 Å². The van der Waals surface area contributed by atoms with Gasteiger partial charge in [-0.2, -0.15) is 0 Å². The van der Waals surface area contributed by atoms with E-state index in [1.165, 1.54) is 17.7 Å². The van der Waals surface area contributed by atoms with E-state index in [4.69, 9.17) is 0 Å². The number of hydrogen-bond acceptors (Lipinski definition) is 4. The Labute approximate surface area is 135 Å². The Morgan fingerprint density at radius 1 is 1.23 bits per heavy atom. The zero-order valence-electron chi connectivity index (χ0n) is 12.1. The Bertz CT molecular complexity index is 564. The molecule has 22 heavy (non-hydrogen) atoms. The van der Waals surface area contributed by atoms with Crippen molar-refractivity contribution < 1.29 is 4.39 Å². The first-order chi connectivity index (χ1) is 10.3. The zero-order valence-corrected chi connectivity index (χ0v) is 12.9. The second-order valence-electron chi connectivity index (χ2n) is 5.31. The van der Waals surface area contributed by atoms with Gasteiger partial charge in [-0.25, -0.2) is 9.82 Å². The fourth-order valence-corrected chi connectivity index (χ4v) is 2.65. The van der Waals surface area contributed by atoms with Crippen molar-refractivity contribution in [2.24, 2.45) is 5.92 Å². The van der Waals surface area contributed by atoms with E-state index in [-0.39, 0.29) is 24.3 Å². The highest BCUT2D eigenvalue weighted by atomic mass is 35.5. The fourth-order valence-electron chi connectivity index (χ4n) is 2.65. The topological polar surface area (TPSA) is 49.0 Å². The highest BCUT2D eigenvalue weighted by Crippen LogP contribution is 2.23. The van der Waals surface area contributed by atoms with Crippen LogP contribution in [0.15, 0.2) is 48.8 Å². The maximum Gasteiger partial charge on any atom is 0.123 e. The summed E-state index contributed by atoms with van der Waals surface area (Å²) in [5.41, 5.74) is 8.79. The zero-order chi connectivity index (χ0) is 14.5. The first-order valence-electron chi connectivity index (χ1n) is 7.16. The van der Waals surface area contributed by atoms with Crippen LogP contribution in [0, 0.1) is 11.7 Å². The van der Waals surface area contributed by atoms with Crippen LogP contribution in [-0.2, 0) is 6.54 Å². The summed E-state index contributed by atoms with van der Waals surface area (Å²) in [5, 5.41) is 3.44. The number of halogens is 2. The average molecular weight is 323 g/mol. The number of aromatic nitrogens is 1. The number of nitrogens with zero attached hydrogens (tertiary/aromatic N) is 1. The number of benzene rings is 1. The highest BCUT2D eigenvalue weighted by molar-refractivity contribution is 5.85. The van der Waals surface area contributed by atoms with E-state index in [1.54, 1.807) is 6.20 Å². The van der Waals surface area contributed by atoms with Gasteiger partial charge in [0, 0.05) is 37.9 Å². The molecule has 1 aromatic carbocycles. The minimum Gasteiger partial charge on any atom is -0.312 e. The van der Waals surface area contributed by atoms with E-state index in [2.05, 4.69) is 27.2 Å². The normalized spacial score (nSPS) is 20.6. The number of rotatable bonds is 5. The maximum absolute atomic E-state index is 12.9. The van der Waals surface area contributed by atoms with Gasteiger partial charge < -0.3 is 5.32 Å². The van der Waals surface area contributed by atoms with Crippen molar-refractivity contribution in [3.63, 3.8) is 0 Å². The molecule has 1 fully saturated rings. The molecule has 1 aromatic heterocycles. The molecule has 1 aliphatic heterocycles. The monoisotopic (exact) mass is 322 g/mol. The Morgan fingerprint density at radius 3 is 2.77 bits per heavy atom. The predicted molar refractivity (Wildman–Crippen MR) is 87.0 cm³/mol. The molecule has 2 aromatic rings. The first kappa shape index (κ1) is 16.8. The molecule has 2 unspecified atom stereocenters. The summed E-state index contributed by atoms with van der Waals surface area (Å²) < 4.78 is 12.9. The van der Waals surface area contributed by atoms with Crippen molar-refractivity contribution in [2.75, 3.05) is 13.1 Å². The third-order valence-electron chi connectivity index (χ3n) is 3.79. The summed E-state index contributed by atoms with van der Waals surface area (Å²) in [4.78, 5) is 4.18. The summed E-state index contributed by atoms with van der Waals surface area (Å²) in [5.74, 6) is 0.259. The van der Waals surface area contributed by atoms with Gasteiger partial charge >= 0.3 is 0 Å². The van der Waals surface area contributed by atoms with Crippen LogP contribution in [0.4, 0.5) is 4.39 Å². The molecule has 118 valence electrons. The molecule has 0 amide bonds. The molecule has 3 rings (SSSR count). The summed E-state index contributed by atoms with van der Waals surface area (Å²) in [6, 6.07) is 10.9. The molecule has 2 atom stereocenters. The minimum absolute atomic E-state index is 0. The smallest absolute Gasteiger partial charge is 0.123 e. The van der Waals surface area contributed by atoms with Crippen LogP contribution < -0.4 is 16.2 Å². The molecule has 0 saturated carbocycles. The number of hydrogen-bond donors (Lipinski definition) is 3. The van der Waals surface area contributed by atoms with Crippen LogP contribution in [-0.4, -0.2) is 18.1 Å². The Hall–Kier alpha value is -1.53. The van der Waals surface area contributed by atoms with Crippen molar-refractivity contribution in [1.82, 2.24) is 21.2 Å². The Balaban J connectivity index is 0.00000176. The fraction of sp³-hybridized carbons (Fsp3) is 0.312. The van der Waals surface area contributed by atoms with Gasteiger partial charge in [0.15, 0.2) is 0 Å². The summed E-state index contributed by atoms with van der Waals surface area (Å²) in [6.07, 6.45) is 3.69. The molecule has 6 heteroatoms. The van der Waals surface area contributed by atoms with Crippen molar-refractivity contribution >= 4 is 12.4 Å². The molecule has 1 saturated heterocycles. The quantitative estimate of drug-likeness (QED) is 0.790. The molecule has 0 bridgehead atoms. The molecule has 3 N–H and O–H groups in total. The van der Waals surface area contributed by atoms with Gasteiger partial charge in [-0.3, -0.25) is 10.4 Å². The number of pyridine rings is 1. The van der Waals surface area contributed by atoms with E-state index in [9.17, 15) is 4.39 Å². The molecular formula is C16H20ClFN4. The SMILES string of the molecule is Cl.Fc1ccc(CNCC2CNNC2c2cccnc2)cc1. The molecule has 0 aliphatic carbocycles. The standard InChI is InChI=1S/C16H19FN4.ClH/c17-15-5-3-12(4-6-15)8-19-10-14-11-20-21-16(14)13-2-1-7-18-9-13;/h1-7,9,14,16,19-21H,8,10-11H2;1H. The van der Waals surface area contributed by atoms with Crippen molar-refractivity contribution in [2.45, 2.75) is 12.6 Å². The molecule has 0 spiro atoms. The summed E-state index contributed by atoms with van der Waals surface area (Å²) in [7, 11) is 0.